The summed E-state index contributed by atoms with van der Waals surface area (Å²) in [6, 6.07) is 37.7. The Morgan fingerprint density at radius 1 is 0.763 bits per heavy atom. The molecule has 5 aromatic carbocycles. The van der Waals surface area contributed by atoms with E-state index in [0.29, 0.717) is 23.1 Å². The molecule has 4 atom stereocenters. The van der Waals surface area contributed by atoms with Crippen molar-refractivity contribution in [3.63, 3.8) is 0 Å². The molecular weight excluding hydrogens is 755 g/mol. The Kier molecular flexibility index (Phi) is 8.98. The first-order valence-corrected chi connectivity index (χ1v) is 22.5. The molecule has 0 radical (unpaired) electrons. The van der Waals surface area contributed by atoms with Crippen LogP contribution in [0.1, 0.15) is 63.8 Å². The standard InChI is InChI=1S/C54H45N3S2/c1-3-38-43-26-27-49-53(54(43)59-50(38)28-23-35-15-4-5-16-39(35)40-17-6-9-20-46(40)55)34(2)14-12-13-31-56(49)36-24-29-51-44(32-36)45-33-37(25-30-52(45)58-51)57-47-21-10-7-18-41(47)42-19-8-11-22-48(42)57/h3-11,15-30,32-33,41,44,47,51H,1-2,12-14,31,55H2/b28-23-. The smallest absolute Gasteiger partial charge is 0.0629 e. The molecule has 0 fully saturated rings. The average Bonchev–Trinajstić information content (AvgIpc) is 3.93. The molecule has 4 unspecified atom stereocenters. The van der Waals surface area contributed by atoms with E-state index in [9.17, 15) is 0 Å². The van der Waals surface area contributed by atoms with Gasteiger partial charge in [0, 0.05) is 77.4 Å². The molecular formula is C54H45N3S2. The van der Waals surface area contributed by atoms with Crippen molar-refractivity contribution >= 4 is 79.7 Å². The molecule has 59 heavy (non-hydrogen) atoms. The second-order valence-electron chi connectivity index (χ2n) is 16.1. The summed E-state index contributed by atoms with van der Waals surface area (Å²) in [7, 11) is 0. The van der Waals surface area contributed by atoms with Gasteiger partial charge in [-0.3, -0.25) is 0 Å². The SMILES string of the molecule is C=Cc1c(/C=C\c2ccccc2-c2ccccc2N)sc2c3c(ccc12)N(C1=CC2c4cc(N5c6ccccc6C6C=CC=CC65)ccc4SC2C=C1)CCCCC3=C. The van der Waals surface area contributed by atoms with Gasteiger partial charge < -0.3 is 15.5 Å². The number of hydrogen-bond acceptors (Lipinski definition) is 5. The van der Waals surface area contributed by atoms with Gasteiger partial charge in [0.15, 0.2) is 0 Å². The van der Waals surface area contributed by atoms with Crippen molar-refractivity contribution in [2.45, 2.75) is 47.3 Å². The molecule has 288 valence electrons. The fourth-order valence-electron chi connectivity index (χ4n) is 10.0. The Morgan fingerprint density at radius 2 is 1.59 bits per heavy atom. The zero-order valence-electron chi connectivity index (χ0n) is 32.9. The van der Waals surface area contributed by atoms with Crippen LogP contribution in [-0.2, 0) is 0 Å². The van der Waals surface area contributed by atoms with Crippen LogP contribution in [0.25, 0.3) is 45.0 Å². The van der Waals surface area contributed by atoms with Gasteiger partial charge in [-0.25, -0.2) is 0 Å². The molecule has 3 nitrogen and oxygen atoms in total. The highest BCUT2D eigenvalue weighted by atomic mass is 32.2. The van der Waals surface area contributed by atoms with Crippen molar-refractivity contribution in [1.82, 2.24) is 0 Å². The van der Waals surface area contributed by atoms with Crippen molar-refractivity contribution in [2.24, 2.45) is 0 Å². The minimum absolute atomic E-state index is 0.291. The summed E-state index contributed by atoms with van der Waals surface area (Å²) in [5, 5.41) is 1.62. The lowest BCUT2D eigenvalue weighted by atomic mass is 9.89. The number of thiophene rings is 1. The highest BCUT2D eigenvalue weighted by molar-refractivity contribution is 8.00. The quantitative estimate of drug-likeness (QED) is 0.170. The van der Waals surface area contributed by atoms with Crippen LogP contribution in [0.4, 0.5) is 22.7 Å². The maximum Gasteiger partial charge on any atom is 0.0629 e. The molecule has 1 aromatic heterocycles. The number of nitrogen functional groups attached to an aromatic ring is 1. The largest absolute Gasteiger partial charge is 0.398 e. The van der Waals surface area contributed by atoms with Crippen LogP contribution in [0.15, 0.2) is 169 Å². The number of rotatable bonds is 6. The van der Waals surface area contributed by atoms with E-state index in [2.05, 4.69) is 156 Å². The van der Waals surface area contributed by atoms with E-state index in [1.807, 2.05) is 47.4 Å². The first-order chi connectivity index (χ1) is 29.1. The van der Waals surface area contributed by atoms with Gasteiger partial charge in [0.25, 0.3) is 0 Å². The summed E-state index contributed by atoms with van der Waals surface area (Å²) < 4.78 is 1.29. The van der Waals surface area contributed by atoms with E-state index >= 15 is 0 Å². The third kappa shape index (κ3) is 6.01. The molecule has 0 bridgehead atoms. The molecule has 11 rings (SSSR count). The maximum absolute atomic E-state index is 6.44. The van der Waals surface area contributed by atoms with Crippen molar-refractivity contribution in [1.29, 1.82) is 0 Å². The highest BCUT2D eigenvalue weighted by Gasteiger charge is 2.39. The van der Waals surface area contributed by atoms with E-state index in [1.165, 1.54) is 70.4 Å². The number of allylic oxidation sites excluding steroid dienone is 5. The van der Waals surface area contributed by atoms with E-state index in [0.717, 1.165) is 48.2 Å². The topological polar surface area (TPSA) is 32.5 Å². The van der Waals surface area contributed by atoms with Gasteiger partial charge in [0.2, 0.25) is 0 Å². The Balaban J connectivity index is 0.964. The Labute approximate surface area is 355 Å². The van der Waals surface area contributed by atoms with E-state index in [-0.39, 0.29) is 0 Å². The van der Waals surface area contributed by atoms with Gasteiger partial charge in [-0.15, -0.1) is 23.1 Å². The van der Waals surface area contributed by atoms with Gasteiger partial charge in [0.1, 0.15) is 0 Å². The Morgan fingerprint density at radius 3 is 2.49 bits per heavy atom. The predicted molar refractivity (Wildman–Crippen MR) is 257 cm³/mol. The lowest BCUT2D eigenvalue weighted by molar-refractivity contribution is 0.724. The van der Waals surface area contributed by atoms with Gasteiger partial charge in [-0.2, -0.15) is 0 Å². The molecule has 0 amide bonds. The fraction of sp³-hybridized carbons (Fsp3) is 0.148. The third-order valence-corrected chi connectivity index (χ3v) is 15.4. The molecule has 2 N–H and O–H groups in total. The average molecular weight is 800 g/mol. The second-order valence-corrected chi connectivity index (χ2v) is 18.4. The summed E-state index contributed by atoms with van der Waals surface area (Å²) >= 11 is 3.86. The van der Waals surface area contributed by atoms with Crippen molar-refractivity contribution in [3.05, 3.63) is 197 Å². The van der Waals surface area contributed by atoms with Gasteiger partial charge >= 0.3 is 0 Å². The lowest BCUT2D eigenvalue weighted by Crippen LogP contribution is -2.28. The minimum atomic E-state index is 0.291. The molecule has 5 heteroatoms. The van der Waals surface area contributed by atoms with Gasteiger partial charge in [-0.05, 0) is 101 Å². The minimum Gasteiger partial charge on any atom is -0.398 e. The summed E-state index contributed by atoms with van der Waals surface area (Å²) in [6.07, 6.45) is 26.3. The zero-order valence-corrected chi connectivity index (χ0v) is 34.6. The lowest BCUT2D eigenvalue weighted by Gasteiger charge is -2.33. The van der Waals surface area contributed by atoms with E-state index < -0.39 is 0 Å². The summed E-state index contributed by atoms with van der Waals surface area (Å²) in [5.41, 5.74) is 22.2. The first kappa shape index (κ1) is 36.1. The van der Waals surface area contributed by atoms with E-state index in [4.69, 9.17) is 12.3 Å². The molecule has 0 saturated heterocycles. The van der Waals surface area contributed by atoms with Crippen LogP contribution in [0.5, 0.6) is 0 Å². The van der Waals surface area contributed by atoms with Gasteiger partial charge in [-0.1, -0.05) is 128 Å². The monoisotopic (exact) mass is 799 g/mol. The first-order valence-electron chi connectivity index (χ1n) is 20.8. The van der Waals surface area contributed by atoms with Crippen molar-refractivity contribution in [2.75, 3.05) is 22.1 Å². The number of para-hydroxylation sites is 2. The predicted octanol–water partition coefficient (Wildman–Crippen LogP) is 14.4. The molecule has 0 saturated carbocycles. The normalized spacial score (nSPS) is 21.5. The number of hydrogen-bond donors (Lipinski definition) is 1. The number of fused-ring (bicyclic) bond motifs is 9. The fourth-order valence-corrected chi connectivity index (χ4v) is 12.6. The molecule has 4 heterocycles. The summed E-state index contributed by atoms with van der Waals surface area (Å²) in [5.74, 6) is 0.671. The highest BCUT2D eigenvalue weighted by Crippen LogP contribution is 2.54. The van der Waals surface area contributed by atoms with Crippen LogP contribution in [0.3, 0.4) is 0 Å². The van der Waals surface area contributed by atoms with Crippen LogP contribution in [0, 0.1) is 0 Å². The number of benzene rings is 5. The zero-order chi connectivity index (χ0) is 39.6. The number of anilines is 4. The van der Waals surface area contributed by atoms with Gasteiger partial charge in [0.05, 0.1) is 11.7 Å². The van der Waals surface area contributed by atoms with Crippen LogP contribution < -0.4 is 15.5 Å². The van der Waals surface area contributed by atoms with Crippen LogP contribution in [-0.4, -0.2) is 17.8 Å². The maximum atomic E-state index is 6.44. The molecule has 3 aliphatic heterocycles. The van der Waals surface area contributed by atoms with Crippen LogP contribution >= 0.6 is 23.1 Å². The molecule has 5 aliphatic rings. The number of thioether (sulfide) groups is 1. The number of nitrogens with two attached hydrogens (primary N) is 1. The second kappa shape index (κ2) is 14.7. The number of nitrogens with zero attached hydrogens (tertiary/aromatic N) is 2. The summed E-state index contributed by atoms with van der Waals surface area (Å²) in [4.78, 5) is 7.74. The van der Waals surface area contributed by atoms with E-state index in [1.54, 1.807) is 0 Å². The Bertz CT molecular complexity index is 2870. The summed E-state index contributed by atoms with van der Waals surface area (Å²) in [6.45, 7) is 10.0. The van der Waals surface area contributed by atoms with Crippen molar-refractivity contribution in [3.8, 4) is 11.1 Å². The molecule has 2 aliphatic carbocycles. The Hall–Kier alpha value is -6.01. The third-order valence-electron chi connectivity index (χ3n) is 12.8. The molecule has 6 aromatic rings. The van der Waals surface area contributed by atoms with Crippen LogP contribution in [0.2, 0.25) is 0 Å². The van der Waals surface area contributed by atoms with Crippen molar-refractivity contribution < 1.29 is 0 Å². The molecule has 0 spiro atoms.